The molecule has 0 atom stereocenters. The number of hydrogen-bond donors (Lipinski definition) is 0. The van der Waals surface area contributed by atoms with Crippen LogP contribution < -0.4 is 0 Å². The summed E-state index contributed by atoms with van der Waals surface area (Å²) in [6.45, 7) is 6.39. The minimum Gasteiger partial charge on any atom is -0.456 e. The van der Waals surface area contributed by atoms with Crippen molar-refractivity contribution in [3.8, 4) is 0 Å². The van der Waals surface area contributed by atoms with Crippen LogP contribution in [0.2, 0.25) is 0 Å². The van der Waals surface area contributed by atoms with Gasteiger partial charge in [0, 0.05) is 5.57 Å². The molecule has 0 unspecified atom stereocenters. The van der Waals surface area contributed by atoms with Gasteiger partial charge in [0.1, 0.15) is 13.2 Å². The third-order valence-corrected chi connectivity index (χ3v) is 1.69. The highest BCUT2D eigenvalue weighted by molar-refractivity contribution is 14.1. The second kappa shape index (κ2) is 4.81. The van der Waals surface area contributed by atoms with Crippen LogP contribution >= 0.6 is 22.9 Å². The number of carbonyl (C=O) groups excluding carboxylic acids is 1. The van der Waals surface area contributed by atoms with E-state index in [1.165, 1.54) is 0 Å². The SMILES string of the molecule is C=C(C)C(=O)OCC[N+](C)(C)I. The zero-order valence-electron chi connectivity index (χ0n) is 7.76. The highest BCUT2D eigenvalue weighted by Gasteiger charge is 2.11. The number of carbonyl (C=O) groups is 1. The van der Waals surface area contributed by atoms with E-state index in [2.05, 4.69) is 29.4 Å². The molecule has 0 aliphatic rings. The average molecular weight is 284 g/mol. The van der Waals surface area contributed by atoms with Crippen molar-refractivity contribution in [2.24, 2.45) is 0 Å². The number of rotatable bonds is 4. The highest BCUT2D eigenvalue weighted by atomic mass is 127. The van der Waals surface area contributed by atoms with Crippen LogP contribution in [0.15, 0.2) is 12.2 Å². The number of halogens is 1. The van der Waals surface area contributed by atoms with Gasteiger partial charge in [0.2, 0.25) is 22.9 Å². The summed E-state index contributed by atoms with van der Waals surface area (Å²) in [6.07, 6.45) is 0. The molecule has 0 aromatic carbocycles. The Morgan fingerprint density at radius 3 is 2.42 bits per heavy atom. The molecule has 0 rings (SSSR count). The Balaban J connectivity index is 3.58. The van der Waals surface area contributed by atoms with E-state index in [0.29, 0.717) is 12.2 Å². The second-order valence-corrected chi connectivity index (χ2v) is 5.79. The van der Waals surface area contributed by atoms with E-state index in [4.69, 9.17) is 4.74 Å². The molecule has 0 heterocycles. The quantitative estimate of drug-likeness (QED) is 0.339. The smallest absolute Gasteiger partial charge is 0.333 e. The first kappa shape index (κ1) is 11.9. The second-order valence-electron chi connectivity index (χ2n) is 3.18. The van der Waals surface area contributed by atoms with Crippen LogP contribution in [-0.2, 0) is 9.53 Å². The molecular formula is C8H15INO2+. The van der Waals surface area contributed by atoms with E-state index < -0.39 is 0 Å². The Labute approximate surface area is 87.5 Å². The molecule has 0 aliphatic carbocycles. The van der Waals surface area contributed by atoms with Crippen LogP contribution in [0.4, 0.5) is 0 Å². The lowest BCUT2D eigenvalue weighted by molar-refractivity contribution is -0.707. The van der Waals surface area contributed by atoms with E-state index in [-0.39, 0.29) is 5.97 Å². The number of likely N-dealkylation sites (N-methyl/N-ethyl adjacent to an activating group) is 1. The first-order valence-corrected chi connectivity index (χ1v) is 4.65. The summed E-state index contributed by atoms with van der Waals surface area (Å²) in [7, 11) is 4.07. The summed E-state index contributed by atoms with van der Waals surface area (Å²) in [5.74, 6) is -0.306. The Hall–Kier alpha value is -0.100. The number of quaternary nitrogens is 1. The van der Waals surface area contributed by atoms with Gasteiger partial charge in [-0.1, -0.05) is 6.58 Å². The van der Waals surface area contributed by atoms with Crippen molar-refractivity contribution in [3.05, 3.63) is 12.2 Å². The molecule has 0 aromatic rings. The molecule has 0 aliphatic heterocycles. The molecule has 0 fully saturated rings. The number of esters is 1. The lowest BCUT2D eigenvalue weighted by Gasteiger charge is -2.19. The summed E-state index contributed by atoms with van der Waals surface area (Å²) in [5.41, 5.74) is 0.453. The predicted molar refractivity (Wildman–Crippen MR) is 56.8 cm³/mol. The standard InChI is InChI=1S/C8H15INO2/c1-7(2)8(11)12-6-5-10(3,4)9/h1,5-6H2,2-4H3/q+1. The summed E-state index contributed by atoms with van der Waals surface area (Å²) in [4.78, 5) is 10.9. The van der Waals surface area contributed by atoms with Gasteiger partial charge < -0.3 is 4.74 Å². The van der Waals surface area contributed by atoms with Crippen molar-refractivity contribution in [2.45, 2.75) is 6.92 Å². The van der Waals surface area contributed by atoms with Gasteiger partial charge in [-0.2, -0.15) is 0 Å². The summed E-state index contributed by atoms with van der Waals surface area (Å²) in [5, 5.41) is 0. The fourth-order valence-electron chi connectivity index (χ4n) is 0.479. The number of nitrogens with zero attached hydrogens (tertiary/aromatic N) is 1. The average Bonchev–Trinajstić information content (AvgIpc) is 1.84. The third kappa shape index (κ3) is 6.60. The van der Waals surface area contributed by atoms with E-state index >= 15 is 0 Å². The third-order valence-electron chi connectivity index (χ3n) is 1.20. The van der Waals surface area contributed by atoms with Crippen LogP contribution in [0, 0.1) is 0 Å². The van der Waals surface area contributed by atoms with Crippen molar-refractivity contribution in [3.63, 3.8) is 0 Å². The van der Waals surface area contributed by atoms with Crippen LogP contribution in [0.5, 0.6) is 0 Å². The molecule has 0 bridgehead atoms. The molecular weight excluding hydrogens is 269 g/mol. The van der Waals surface area contributed by atoms with Crippen LogP contribution in [-0.4, -0.2) is 35.9 Å². The normalized spacial score (nSPS) is 11.0. The van der Waals surface area contributed by atoms with Crippen LogP contribution in [0.1, 0.15) is 6.92 Å². The largest absolute Gasteiger partial charge is 0.456 e. The van der Waals surface area contributed by atoms with Gasteiger partial charge in [-0.05, 0) is 6.92 Å². The van der Waals surface area contributed by atoms with E-state index in [1.54, 1.807) is 6.92 Å². The maximum Gasteiger partial charge on any atom is 0.333 e. The summed E-state index contributed by atoms with van der Waals surface area (Å²) in [6, 6.07) is 0. The monoisotopic (exact) mass is 284 g/mol. The molecule has 12 heavy (non-hydrogen) atoms. The van der Waals surface area contributed by atoms with Crippen LogP contribution in [0.3, 0.4) is 0 Å². The molecule has 0 N–H and O–H groups in total. The van der Waals surface area contributed by atoms with E-state index in [1.807, 2.05) is 14.1 Å². The molecule has 0 aromatic heterocycles. The fourth-order valence-corrected chi connectivity index (χ4v) is 0.676. The summed E-state index contributed by atoms with van der Waals surface area (Å²) < 4.78 is 5.69. The molecule has 0 radical (unpaired) electrons. The van der Waals surface area contributed by atoms with Gasteiger partial charge in [-0.3, -0.25) is 2.70 Å². The number of hydrogen-bond acceptors (Lipinski definition) is 2. The van der Waals surface area contributed by atoms with Crippen LogP contribution in [0.25, 0.3) is 0 Å². The van der Waals surface area contributed by atoms with Crippen molar-refractivity contribution >= 4 is 28.8 Å². The zero-order chi connectivity index (χ0) is 9.78. The highest BCUT2D eigenvalue weighted by Crippen LogP contribution is 2.05. The molecule has 4 heteroatoms. The Bertz CT molecular complexity index is 184. The Kier molecular flexibility index (Phi) is 4.77. The molecule has 3 nitrogen and oxygen atoms in total. The van der Waals surface area contributed by atoms with E-state index in [9.17, 15) is 4.79 Å². The van der Waals surface area contributed by atoms with Gasteiger partial charge in [0.05, 0.1) is 14.1 Å². The molecule has 0 spiro atoms. The van der Waals surface area contributed by atoms with Gasteiger partial charge in [-0.25, -0.2) is 4.79 Å². The minimum atomic E-state index is -0.306. The zero-order valence-corrected chi connectivity index (χ0v) is 9.92. The molecule has 0 saturated heterocycles. The fraction of sp³-hybridized carbons (Fsp3) is 0.625. The van der Waals surface area contributed by atoms with Gasteiger partial charge in [0.15, 0.2) is 0 Å². The lowest BCUT2D eigenvalue weighted by Crippen LogP contribution is -2.31. The van der Waals surface area contributed by atoms with Crippen molar-refractivity contribution < 1.29 is 12.2 Å². The topological polar surface area (TPSA) is 26.3 Å². The summed E-state index contributed by atoms with van der Waals surface area (Å²) >= 11 is 2.26. The maximum atomic E-state index is 10.9. The number of ether oxygens (including phenoxy) is 1. The lowest BCUT2D eigenvalue weighted by atomic mass is 10.4. The first-order chi connectivity index (χ1) is 5.33. The van der Waals surface area contributed by atoms with Crippen molar-refractivity contribution in [1.82, 2.24) is 0 Å². The van der Waals surface area contributed by atoms with E-state index in [0.717, 1.165) is 9.24 Å². The van der Waals surface area contributed by atoms with Gasteiger partial charge in [-0.15, -0.1) is 0 Å². The first-order valence-electron chi connectivity index (χ1n) is 3.68. The molecule has 0 saturated carbocycles. The van der Waals surface area contributed by atoms with Crippen molar-refractivity contribution in [2.75, 3.05) is 27.2 Å². The molecule has 0 amide bonds. The minimum absolute atomic E-state index is 0.306. The van der Waals surface area contributed by atoms with Crippen molar-refractivity contribution in [1.29, 1.82) is 0 Å². The predicted octanol–water partition coefficient (Wildman–Crippen LogP) is 1.53. The Morgan fingerprint density at radius 1 is 1.58 bits per heavy atom. The van der Waals surface area contributed by atoms with Gasteiger partial charge in [0.25, 0.3) is 0 Å². The van der Waals surface area contributed by atoms with Gasteiger partial charge >= 0.3 is 5.97 Å². The maximum absolute atomic E-state index is 10.9. The Morgan fingerprint density at radius 2 is 2.08 bits per heavy atom. The molecule has 70 valence electrons.